The summed E-state index contributed by atoms with van der Waals surface area (Å²) in [5.74, 6) is -4.49. The molecule has 6 nitrogen and oxygen atoms in total. The Kier molecular flexibility index (Phi) is 6.30. The fourth-order valence-electron chi connectivity index (χ4n) is 1.15. The number of carboxylic acids is 1. The SMILES string of the molecule is CC(C)C(NC(=O)CCNC(=O)C(F)(F)F)C(=O)O. The van der Waals surface area contributed by atoms with Crippen molar-refractivity contribution >= 4 is 17.8 Å². The van der Waals surface area contributed by atoms with E-state index in [4.69, 9.17) is 5.11 Å². The minimum atomic E-state index is -5.00. The maximum atomic E-state index is 11.8. The van der Waals surface area contributed by atoms with Gasteiger partial charge in [0, 0.05) is 13.0 Å². The summed E-state index contributed by atoms with van der Waals surface area (Å²) in [5, 5.41) is 12.5. The zero-order valence-electron chi connectivity index (χ0n) is 10.4. The fourth-order valence-corrected chi connectivity index (χ4v) is 1.15. The molecule has 1 atom stereocenters. The lowest BCUT2D eigenvalue weighted by molar-refractivity contribution is -0.173. The molecule has 0 bridgehead atoms. The third-order valence-corrected chi connectivity index (χ3v) is 2.14. The normalized spacial score (nSPS) is 12.9. The number of nitrogens with one attached hydrogen (secondary N) is 2. The van der Waals surface area contributed by atoms with Crippen LogP contribution in [0.5, 0.6) is 0 Å². The van der Waals surface area contributed by atoms with E-state index in [1.54, 1.807) is 13.8 Å². The summed E-state index contributed by atoms with van der Waals surface area (Å²) in [6.07, 6.45) is -5.43. The van der Waals surface area contributed by atoms with Gasteiger partial charge in [-0.3, -0.25) is 9.59 Å². The van der Waals surface area contributed by atoms with Crippen LogP contribution in [0.3, 0.4) is 0 Å². The van der Waals surface area contributed by atoms with Crippen LogP contribution in [-0.4, -0.2) is 41.7 Å². The molecule has 0 heterocycles. The number of hydrogen-bond donors (Lipinski definition) is 3. The molecule has 1 unspecified atom stereocenters. The van der Waals surface area contributed by atoms with Crippen molar-refractivity contribution in [1.29, 1.82) is 0 Å². The van der Waals surface area contributed by atoms with Gasteiger partial charge in [0.15, 0.2) is 0 Å². The third-order valence-electron chi connectivity index (χ3n) is 2.14. The number of alkyl halides is 3. The molecule has 0 aromatic heterocycles. The van der Waals surface area contributed by atoms with Gasteiger partial charge in [-0.1, -0.05) is 13.8 Å². The van der Waals surface area contributed by atoms with Crippen molar-refractivity contribution in [3.05, 3.63) is 0 Å². The lowest BCUT2D eigenvalue weighted by Crippen LogP contribution is -2.45. The first-order valence-electron chi connectivity index (χ1n) is 5.43. The molecule has 110 valence electrons. The lowest BCUT2D eigenvalue weighted by Gasteiger charge is -2.17. The molecule has 0 spiro atoms. The molecule has 3 N–H and O–H groups in total. The Balaban J connectivity index is 4.13. The van der Waals surface area contributed by atoms with E-state index in [9.17, 15) is 27.6 Å². The van der Waals surface area contributed by atoms with E-state index >= 15 is 0 Å². The van der Waals surface area contributed by atoms with E-state index in [0.29, 0.717) is 0 Å². The van der Waals surface area contributed by atoms with E-state index in [2.05, 4.69) is 5.32 Å². The zero-order chi connectivity index (χ0) is 15.2. The van der Waals surface area contributed by atoms with Gasteiger partial charge in [0.1, 0.15) is 6.04 Å². The highest BCUT2D eigenvalue weighted by Gasteiger charge is 2.38. The van der Waals surface area contributed by atoms with Gasteiger partial charge in [0.2, 0.25) is 5.91 Å². The molecule has 0 rings (SSSR count). The van der Waals surface area contributed by atoms with Crippen molar-refractivity contribution < 1.29 is 32.7 Å². The number of hydrogen-bond acceptors (Lipinski definition) is 3. The predicted molar refractivity (Wildman–Crippen MR) is 58.1 cm³/mol. The van der Waals surface area contributed by atoms with Gasteiger partial charge in [-0.15, -0.1) is 0 Å². The second kappa shape index (κ2) is 6.95. The Bertz CT molecular complexity index is 355. The molecule has 2 amide bonds. The van der Waals surface area contributed by atoms with E-state index in [-0.39, 0.29) is 5.92 Å². The molecule has 0 aliphatic heterocycles. The molecule has 0 radical (unpaired) electrons. The molecule has 0 aliphatic carbocycles. The molecule has 19 heavy (non-hydrogen) atoms. The van der Waals surface area contributed by atoms with Crippen molar-refractivity contribution in [2.75, 3.05) is 6.54 Å². The number of carbonyl (C=O) groups excluding carboxylic acids is 2. The number of halogens is 3. The molecule has 0 saturated heterocycles. The first-order chi connectivity index (χ1) is 8.55. The average Bonchev–Trinajstić information content (AvgIpc) is 2.23. The molecular formula is C10H15F3N2O4. The van der Waals surface area contributed by atoms with Gasteiger partial charge < -0.3 is 15.7 Å². The van der Waals surface area contributed by atoms with Crippen molar-refractivity contribution in [1.82, 2.24) is 10.6 Å². The maximum Gasteiger partial charge on any atom is 0.471 e. The number of carboxylic acid groups (broad SMARTS) is 1. The number of amides is 2. The van der Waals surface area contributed by atoms with E-state index in [0.717, 1.165) is 0 Å². The first kappa shape index (κ1) is 17.2. The highest BCUT2D eigenvalue weighted by atomic mass is 19.4. The lowest BCUT2D eigenvalue weighted by atomic mass is 10.0. The molecular weight excluding hydrogens is 269 g/mol. The summed E-state index contributed by atoms with van der Waals surface area (Å²) in [6, 6.07) is -1.12. The van der Waals surface area contributed by atoms with Gasteiger partial charge in [-0.2, -0.15) is 13.2 Å². The highest BCUT2D eigenvalue weighted by molar-refractivity contribution is 5.85. The van der Waals surface area contributed by atoms with Crippen LogP contribution in [0.25, 0.3) is 0 Å². The summed E-state index contributed by atoms with van der Waals surface area (Å²) in [6.45, 7) is 2.63. The first-order valence-corrected chi connectivity index (χ1v) is 5.43. The Morgan fingerprint density at radius 2 is 1.74 bits per heavy atom. The number of carbonyl (C=O) groups is 3. The van der Waals surface area contributed by atoms with Crippen LogP contribution in [0.1, 0.15) is 20.3 Å². The smallest absolute Gasteiger partial charge is 0.471 e. The highest BCUT2D eigenvalue weighted by Crippen LogP contribution is 2.13. The van der Waals surface area contributed by atoms with Crippen LogP contribution in [0.15, 0.2) is 0 Å². The Hall–Kier alpha value is -1.80. The number of aliphatic carboxylic acids is 1. The van der Waals surface area contributed by atoms with E-state index in [1.165, 1.54) is 5.32 Å². The van der Waals surface area contributed by atoms with Gasteiger partial charge in [0.25, 0.3) is 0 Å². The van der Waals surface area contributed by atoms with Crippen molar-refractivity contribution in [2.45, 2.75) is 32.5 Å². The Labute approximate surface area is 107 Å². The van der Waals surface area contributed by atoms with Crippen LogP contribution < -0.4 is 10.6 Å². The second-order valence-electron chi connectivity index (χ2n) is 4.13. The van der Waals surface area contributed by atoms with Crippen LogP contribution in [0, 0.1) is 5.92 Å². The minimum Gasteiger partial charge on any atom is -0.480 e. The standard InChI is InChI=1S/C10H15F3N2O4/c1-5(2)7(8(17)18)15-6(16)3-4-14-9(19)10(11,12)13/h5,7H,3-4H2,1-2H3,(H,14,19)(H,15,16)(H,17,18). The van der Waals surface area contributed by atoms with E-state index < -0.39 is 43.0 Å². The summed E-state index contributed by atoms with van der Waals surface area (Å²) >= 11 is 0. The van der Waals surface area contributed by atoms with Gasteiger partial charge in [-0.05, 0) is 5.92 Å². The molecule has 0 fully saturated rings. The van der Waals surface area contributed by atoms with Crippen LogP contribution in [0.2, 0.25) is 0 Å². The zero-order valence-corrected chi connectivity index (χ0v) is 10.4. The number of rotatable bonds is 6. The molecule has 0 aliphatic rings. The summed E-state index contributed by atoms with van der Waals surface area (Å²) < 4.78 is 35.4. The molecule has 0 aromatic rings. The van der Waals surface area contributed by atoms with Gasteiger partial charge in [-0.25, -0.2) is 4.79 Å². The second-order valence-corrected chi connectivity index (χ2v) is 4.13. The molecule has 9 heteroatoms. The minimum absolute atomic E-state index is 0.369. The average molecular weight is 284 g/mol. The fraction of sp³-hybridized carbons (Fsp3) is 0.700. The molecule has 0 saturated carbocycles. The quantitative estimate of drug-likeness (QED) is 0.653. The largest absolute Gasteiger partial charge is 0.480 e. The Morgan fingerprint density at radius 1 is 1.21 bits per heavy atom. The van der Waals surface area contributed by atoms with E-state index in [1.807, 2.05) is 0 Å². The van der Waals surface area contributed by atoms with Crippen LogP contribution >= 0.6 is 0 Å². The summed E-state index contributed by atoms with van der Waals surface area (Å²) in [7, 11) is 0. The summed E-state index contributed by atoms with van der Waals surface area (Å²) in [5.41, 5.74) is 0. The van der Waals surface area contributed by atoms with Crippen molar-refractivity contribution in [3.8, 4) is 0 Å². The maximum absolute atomic E-state index is 11.8. The molecule has 0 aromatic carbocycles. The van der Waals surface area contributed by atoms with Gasteiger partial charge in [0.05, 0.1) is 0 Å². The van der Waals surface area contributed by atoms with Gasteiger partial charge >= 0.3 is 18.1 Å². The van der Waals surface area contributed by atoms with Crippen molar-refractivity contribution in [3.63, 3.8) is 0 Å². The summed E-state index contributed by atoms with van der Waals surface area (Å²) in [4.78, 5) is 32.5. The van der Waals surface area contributed by atoms with Crippen LogP contribution in [0.4, 0.5) is 13.2 Å². The van der Waals surface area contributed by atoms with Crippen molar-refractivity contribution in [2.24, 2.45) is 5.92 Å². The Morgan fingerprint density at radius 3 is 2.11 bits per heavy atom. The topological polar surface area (TPSA) is 95.5 Å². The third kappa shape index (κ3) is 6.63. The van der Waals surface area contributed by atoms with Crippen LogP contribution in [-0.2, 0) is 14.4 Å². The predicted octanol–water partition coefficient (Wildman–Crippen LogP) is 0.280. The monoisotopic (exact) mass is 284 g/mol.